The minimum absolute atomic E-state index is 0.0482. The molecule has 2 aromatic heterocycles. The summed E-state index contributed by atoms with van der Waals surface area (Å²) in [6, 6.07) is 7.77. The Balaban J connectivity index is 1.18. The lowest BCUT2D eigenvalue weighted by molar-refractivity contribution is -0.125. The average Bonchev–Trinajstić information content (AvgIpc) is 3.08. The normalized spacial score (nSPS) is 20.1. The van der Waals surface area contributed by atoms with Crippen molar-refractivity contribution in [3.63, 3.8) is 0 Å². The minimum Gasteiger partial charge on any atom is -0.444 e. The Labute approximate surface area is 251 Å². The van der Waals surface area contributed by atoms with Crippen LogP contribution in [0.25, 0.3) is 22.0 Å². The molecule has 2 saturated heterocycles. The fraction of sp³-hybridized carbons (Fsp3) is 0.484. The summed E-state index contributed by atoms with van der Waals surface area (Å²) in [5, 5.41) is 0.943. The van der Waals surface area contributed by atoms with Crippen molar-refractivity contribution in [2.24, 2.45) is 5.41 Å². The Kier molecular flexibility index (Phi) is 5.86. The number of anilines is 3. The maximum Gasteiger partial charge on any atom is 0.410 e. The van der Waals surface area contributed by atoms with Crippen molar-refractivity contribution in [1.82, 2.24) is 14.9 Å². The van der Waals surface area contributed by atoms with Crippen LogP contribution in [0.3, 0.4) is 0 Å². The summed E-state index contributed by atoms with van der Waals surface area (Å²) in [4.78, 5) is 40.5. The van der Waals surface area contributed by atoms with Crippen LogP contribution in [0.5, 0.6) is 0 Å². The third-order valence-electron chi connectivity index (χ3n) is 9.16. The van der Waals surface area contributed by atoms with Gasteiger partial charge in [0.15, 0.2) is 5.82 Å². The van der Waals surface area contributed by atoms with Crippen LogP contribution in [0.15, 0.2) is 36.7 Å². The van der Waals surface area contributed by atoms with Gasteiger partial charge in [0.1, 0.15) is 5.60 Å². The molecule has 0 radical (unpaired) electrons. The molecule has 12 heteroatoms. The largest absolute Gasteiger partial charge is 0.444 e. The van der Waals surface area contributed by atoms with Crippen LogP contribution in [0.2, 0.25) is 0 Å². The third kappa shape index (κ3) is 4.49. The summed E-state index contributed by atoms with van der Waals surface area (Å²) in [5.41, 5.74) is 3.67. The number of likely N-dealkylation sites (N-methyl/N-ethyl adjacent to an activating group) is 1. The molecular weight excluding hydrogens is 568 g/mol. The predicted molar refractivity (Wildman–Crippen MR) is 165 cm³/mol. The van der Waals surface area contributed by atoms with E-state index < -0.39 is 21.0 Å². The van der Waals surface area contributed by atoms with Crippen molar-refractivity contribution in [3.05, 3.63) is 42.2 Å². The first-order chi connectivity index (χ1) is 20.2. The Morgan fingerprint density at radius 2 is 1.74 bits per heavy atom. The van der Waals surface area contributed by atoms with Gasteiger partial charge in [0.05, 0.1) is 34.8 Å². The van der Waals surface area contributed by atoms with Crippen LogP contribution in [0.1, 0.15) is 45.6 Å². The highest BCUT2D eigenvalue weighted by Gasteiger charge is 2.55. The van der Waals surface area contributed by atoms with Gasteiger partial charge in [-0.05, 0) is 57.4 Å². The van der Waals surface area contributed by atoms with Gasteiger partial charge in [-0.25, -0.2) is 18.2 Å². The number of sulfonamides is 1. The molecule has 226 valence electrons. The number of nitrogens with zero attached hydrogens (tertiary/aromatic N) is 5. The molecule has 3 fully saturated rings. The third-order valence-corrected chi connectivity index (χ3v) is 9.75. The molecule has 11 nitrogen and oxygen atoms in total. The Bertz CT molecular complexity index is 1800. The lowest BCUT2D eigenvalue weighted by Crippen LogP contribution is -2.73. The second kappa shape index (κ2) is 9.04. The number of pyridine rings is 2. The van der Waals surface area contributed by atoms with E-state index in [2.05, 4.69) is 9.71 Å². The molecule has 1 aromatic carbocycles. The Morgan fingerprint density at radius 1 is 1.02 bits per heavy atom. The van der Waals surface area contributed by atoms with Crippen LogP contribution < -0.4 is 14.5 Å². The molecule has 2 spiro atoms. The van der Waals surface area contributed by atoms with Crippen LogP contribution >= 0.6 is 0 Å². The predicted octanol–water partition coefficient (Wildman–Crippen LogP) is 4.12. The molecule has 43 heavy (non-hydrogen) atoms. The zero-order valence-corrected chi connectivity index (χ0v) is 25.9. The van der Waals surface area contributed by atoms with Crippen LogP contribution in [0, 0.1) is 5.41 Å². The maximum atomic E-state index is 13.2. The Hall–Kier alpha value is -3.93. The van der Waals surface area contributed by atoms with E-state index in [1.165, 1.54) is 0 Å². The first kappa shape index (κ1) is 27.9. The maximum absolute atomic E-state index is 13.2. The topological polar surface area (TPSA) is 125 Å². The molecule has 0 atom stereocenters. The first-order valence-electron chi connectivity index (χ1n) is 14.6. The number of likely N-dealkylation sites (tertiary alicyclic amines) is 1. The van der Waals surface area contributed by atoms with Gasteiger partial charge in [0.2, 0.25) is 15.9 Å². The number of carbonyl (C=O) groups is 2. The monoisotopic (exact) mass is 604 g/mol. The van der Waals surface area contributed by atoms with Crippen LogP contribution in [0.4, 0.5) is 22.0 Å². The molecule has 2 amide bonds. The van der Waals surface area contributed by atoms with Gasteiger partial charge in [0, 0.05) is 61.4 Å². The van der Waals surface area contributed by atoms with E-state index in [0.29, 0.717) is 37.7 Å². The lowest BCUT2D eigenvalue weighted by Gasteiger charge is -2.60. The first-order valence-corrected chi connectivity index (χ1v) is 16.5. The summed E-state index contributed by atoms with van der Waals surface area (Å²) in [6.45, 7) is 8.07. The number of carbonyl (C=O) groups excluding carboxylic acids is 2. The molecule has 7 rings (SSSR count). The average molecular weight is 605 g/mol. The molecule has 1 N–H and O–H groups in total. The highest BCUT2D eigenvalue weighted by Crippen LogP contribution is 2.55. The highest BCUT2D eigenvalue weighted by atomic mass is 32.2. The second-order valence-corrected chi connectivity index (χ2v) is 15.5. The van der Waals surface area contributed by atoms with E-state index in [4.69, 9.17) is 9.72 Å². The summed E-state index contributed by atoms with van der Waals surface area (Å²) < 4.78 is 32.9. The number of aromatic nitrogens is 2. The van der Waals surface area contributed by atoms with E-state index >= 15 is 0 Å². The van der Waals surface area contributed by atoms with Gasteiger partial charge >= 0.3 is 6.09 Å². The van der Waals surface area contributed by atoms with Crippen molar-refractivity contribution < 1.29 is 22.7 Å². The quantitative estimate of drug-likeness (QED) is 0.472. The number of benzene rings is 1. The van der Waals surface area contributed by atoms with Crippen molar-refractivity contribution >= 4 is 50.1 Å². The SMILES string of the molecule is CN1C(=O)C2(CCC2)c2c1cnc1ccc(-c3cnc(N4CC5(CN(C(=O)OC(C)(C)C)C5)C4)c(NS(C)(=O)=O)c3)cc21. The van der Waals surface area contributed by atoms with E-state index in [9.17, 15) is 18.0 Å². The molecule has 4 aliphatic rings. The Morgan fingerprint density at radius 3 is 2.37 bits per heavy atom. The van der Waals surface area contributed by atoms with E-state index in [-0.39, 0.29) is 17.4 Å². The number of rotatable bonds is 4. The second-order valence-electron chi connectivity index (χ2n) is 13.7. The standard InChI is InChI=1S/C31H36N6O5S/c1-29(2,3)42-28(39)37-17-30(18-37)15-36(16-30)26-23(34-43(5,40)41)12-20(13-33-26)19-7-8-22-21(11-19)25-24(14-32-22)35(4)27(38)31(25)9-6-10-31/h7-8,11-14,34H,6,9-10,15-18H2,1-5H3. The number of amides is 2. The van der Waals surface area contributed by atoms with Crippen molar-refractivity contribution in [2.45, 2.75) is 51.0 Å². The molecule has 1 saturated carbocycles. The fourth-order valence-corrected chi connectivity index (χ4v) is 7.67. The number of ether oxygens (including phenoxy) is 1. The lowest BCUT2D eigenvalue weighted by atomic mass is 9.64. The number of fused-ring (bicyclic) bond motifs is 4. The highest BCUT2D eigenvalue weighted by molar-refractivity contribution is 7.92. The van der Waals surface area contributed by atoms with Crippen LogP contribution in [-0.2, 0) is 25.0 Å². The van der Waals surface area contributed by atoms with Gasteiger partial charge in [-0.3, -0.25) is 14.5 Å². The van der Waals surface area contributed by atoms with E-state index in [0.717, 1.165) is 58.8 Å². The molecule has 0 bridgehead atoms. The van der Waals surface area contributed by atoms with Gasteiger partial charge in [0.25, 0.3) is 0 Å². The van der Waals surface area contributed by atoms with Gasteiger partial charge in [-0.15, -0.1) is 0 Å². The van der Waals surface area contributed by atoms with Crippen molar-refractivity contribution in [3.8, 4) is 11.1 Å². The summed E-state index contributed by atoms with van der Waals surface area (Å²) in [6.07, 6.45) is 7.05. The number of hydrogen-bond acceptors (Lipinski definition) is 8. The smallest absolute Gasteiger partial charge is 0.410 e. The summed E-state index contributed by atoms with van der Waals surface area (Å²) in [5.74, 6) is 0.687. The van der Waals surface area contributed by atoms with Gasteiger partial charge in [-0.2, -0.15) is 0 Å². The van der Waals surface area contributed by atoms with Gasteiger partial charge < -0.3 is 19.4 Å². The number of nitrogens with one attached hydrogen (secondary N) is 1. The van der Waals surface area contributed by atoms with Gasteiger partial charge in [-0.1, -0.05) is 12.5 Å². The van der Waals surface area contributed by atoms with Crippen molar-refractivity contribution in [1.29, 1.82) is 0 Å². The summed E-state index contributed by atoms with van der Waals surface area (Å²) in [7, 11) is -1.76. The zero-order chi connectivity index (χ0) is 30.5. The fourth-order valence-electron chi connectivity index (χ4n) is 7.12. The molecule has 0 unspecified atom stereocenters. The summed E-state index contributed by atoms with van der Waals surface area (Å²) >= 11 is 0. The molecule has 5 heterocycles. The molecular formula is C31H36N6O5S. The van der Waals surface area contributed by atoms with E-state index in [1.807, 2.05) is 57.0 Å². The zero-order valence-electron chi connectivity index (χ0n) is 25.1. The molecule has 3 aromatic rings. The van der Waals surface area contributed by atoms with E-state index in [1.54, 1.807) is 22.2 Å². The van der Waals surface area contributed by atoms with Crippen molar-refractivity contribution in [2.75, 3.05) is 54.0 Å². The number of hydrogen-bond donors (Lipinski definition) is 1. The van der Waals surface area contributed by atoms with Crippen LogP contribution in [-0.4, -0.2) is 80.4 Å². The minimum atomic E-state index is -3.58. The molecule has 3 aliphatic heterocycles. The molecule has 1 aliphatic carbocycles.